The minimum absolute atomic E-state index is 0. The van der Waals surface area contributed by atoms with Crippen LogP contribution in [-0.4, -0.2) is 53.2 Å². The summed E-state index contributed by atoms with van der Waals surface area (Å²) in [6.07, 6.45) is 3.52. The third-order valence-electron chi connectivity index (χ3n) is 3.81. The van der Waals surface area contributed by atoms with Gasteiger partial charge in [0.1, 0.15) is 0 Å². The van der Waals surface area contributed by atoms with Gasteiger partial charge in [-0.2, -0.15) is 0 Å². The fourth-order valence-electron chi connectivity index (χ4n) is 3.08. The van der Waals surface area contributed by atoms with E-state index in [4.69, 9.17) is 4.74 Å². The summed E-state index contributed by atoms with van der Waals surface area (Å²) >= 11 is 8.58. The third kappa shape index (κ3) is 18.7. The van der Waals surface area contributed by atoms with E-state index in [9.17, 15) is 0 Å². The molecule has 194 valence electrons. The quantitative estimate of drug-likeness (QED) is 0.206. The molecule has 2 aliphatic rings. The standard InChI is InChI=1S/C14H16NO.4C2H6.3CH4.3HI.Sn.V.H/c1-15-10-9-14(8-5-11-16-14)13(15)12-6-3-2-4-7-12;4*1-2;;;;;;;;;/h2-4,6-8,13H,9-11H2,1H3;4*1-2H3;3*1H4;3*1H;;;/q;;;;;;;;;;;;+3;/p-3. The number of hydrogen-bond donors (Lipinski definition) is 0. The number of hydrogen-bond acceptors (Lipinski definition) is 2. The summed E-state index contributed by atoms with van der Waals surface area (Å²) in [5.41, 5.74) is 1.32. The number of rotatable bonds is 1. The summed E-state index contributed by atoms with van der Waals surface area (Å²) in [4.78, 5) is 2.14. The number of benzene rings is 1. The van der Waals surface area contributed by atoms with Gasteiger partial charge in [0, 0.05) is 0 Å². The first kappa shape index (κ1) is 47.6. The van der Waals surface area contributed by atoms with Gasteiger partial charge in [0.05, 0.1) is 0 Å². The van der Waals surface area contributed by atoms with Gasteiger partial charge in [-0.05, 0) is 0 Å². The molecule has 7 heteroatoms. The molecule has 2 unspecified atom stereocenters. The minimum atomic E-state index is -0.278. The van der Waals surface area contributed by atoms with Crippen LogP contribution in [0.5, 0.6) is 0 Å². The second-order valence-electron chi connectivity index (χ2n) is 5.20. The van der Waals surface area contributed by atoms with Crippen LogP contribution in [0.2, 0.25) is 0 Å². The zero-order chi connectivity index (χ0) is 23.5. The number of ether oxygens (including phenoxy) is 1. The predicted molar refractivity (Wildman–Crippen MR) is 178 cm³/mol. The summed E-state index contributed by atoms with van der Waals surface area (Å²) in [6.45, 7) is 18.0. The molecule has 0 bridgehead atoms. The van der Waals surface area contributed by atoms with E-state index in [2.05, 4.69) is 108 Å². The van der Waals surface area contributed by atoms with Crippen molar-refractivity contribution in [2.24, 2.45) is 0 Å². The molecular formula is C25H53I3NOSnV. The molecule has 2 atom stereocenters. The summed E-state index contributed by atoms with van der Waals surface area (Å²) in [6, 6.07) is 11.1. The molecule has 2 radical (unpaired) electrons. The van der Waals surface area contributed by atoms with Crippen molar-refractivity contribution in [2.75, 3.05) is 20.2 Å². The molecule has 0 aromatic heterocycles. The van der Waals surface area contributed by atoms with Crippen LogP contribution < -0.4 is 0 Å². The zero-order valence-electron chi connectivity index (χ0n) is 19.7. The van der Waals surface area contributed by atoms with Gasteiger partial charge in [-0.1, -0.05) is 77.7 Å². The second-order valence-corrected chi connectivity index (χ2v) is 42.7. The number of likely N-dealkylation sites (tertiary alicyclic amines) is 1. The Labute approximate surface area is 255 Å². The van der Waals surface area contributed by atoms with Gasteiger partial charge in [-0.25, -0.2) is 0 Å². The van der Waals surface area contributed by atoms with E-state index in [-0.39, 0.29) is 32.8 Å². The van der Waals surface area contributed by atoms with Gasteiger partial charge in [0.25, 0.3) is 0 Å². The number of halogens is 3. The third-order valence-corrected chi connectivity index (χ3v) is 4.76. The van der Waals surface area contributed by atoms with Crippen molar-refractivity contribution in [3.05, 3.63) is 45.6 Å². The molecule has 2 heterocycles. The fraction of sp³-hybridized carbons (Fsp3) is 0.680. The fourth-order valence-corrected chi connectivity index (χ4v) is 4.12. The van der Waals surface area contributed by atoms with E-state index >= 15 is 0 Å². The molecule has 1 aromatic rings. The second kappa shape index (κ2) is 31.5. The van der Waals surface area contributed by atoms with Gasteiger partial charge in [0.2, 0.25) is 0 Å². The average molecular weight is 934 g/mol. The van der Waals surface area contributed by atoms with Crippen LogP contribution in [-0.2, 0) is 9.66 Å². The van der Waals surface area contributed by atoms with Gasteiger partial charge < -0.3 is 0 Å². The first-order valence-corrected chi connectivity index (χ1v) is 25.7. The van der Waals surface area contributed by atoms with Gasteiger partial charge in [-0.3, -0.25) is 0 Å². The van der Waals surface area contributed by atoms with E-state index in [0.29, 0.717) is 6.04 Å². The summed E-state index contributed by atoms with van der Waals surface area (Å²) in [7, 11) is 2.20. The van der Waals surface area contributed by atoms with Gasteiger partial charge in [-0.15, -0.1) is 0 Å². The molecule has 0 N–H and O–H groups in total. The molecule has 1 spiro atoms. The van der Waals surface area contributed by atoms with Crippen molar-refractivity contribution in [3.8, 4) is 0 Å². The maximum absolute atomic E-state index is 6.15. The first-order chi connectivity index (χ1) is 13.9. The van der Waals surface area contributed by atoms with E-state index in [1.54, 1.807) is 0 Å². The molecule has 1 saturated heterocycles. The molecule has 1 fully saturated rings. The topological polar surface area (TPSA) is 12.5 Å². The van der Waals surface area contributed by atoms with Crippen LogP contribution in [0.4, 0.5) is 0 Å². The summed E-state index contributed by atoms with van der Waals surface area (Å²) < 4.78 is 7.64. The number of likely N-dealkylation sites (N-methyl/N-ethyl adjacent to an activating group) is 1. The van der Waals surface area contributed by atoms with Gasteiger partial charge in [0.15, 0.2) is 0 Å². The van der Waals surface area contributed by atoms with Crippen LogP contribution in [0.1, 0.15) is 95.7 Å². The normalized spacial score (nSPS) is 19.6. The predicted octanol–water partition coefficient (Wildman–Crippen LogP) is 10.3. The SMILES string of the molecule is C.C.C.CC.CC.CC.CC.CN1CCC2(C=[C]([SnH])CO2)C1c1ccccc1.[I][V]([I])[I]. The van der Waals surface area contributed by atoms with E-state index in [1.807, 2.05) is 55.4 Å². The Morgan fingerprint density at radius 1 is 0.906 bits per heavy atom. The summed E-state index contributed by atoms with van der Waals surface area (Å²) in [5, 5.41) is 0. The van der Waals surface area contributed by atoms with Crippen molar-refractivity contribution in [1.82, 2.24) is 4.90 Å². The van der Waals surface area contributed by atoms with Crippen LogP contribution in [0.25, 0.3) is 0 Å². The Morgan fingerprint density at radius 3 is 1.66 bits per heavy atom. The van der Waals surface area contributed by atoms with Crippen molar-refractivity contribution in [1.29, 1.82) is 0 Å². The molecule has 2 nitrogen and oxygen atoms in total. The zero-order valence-corrected chi connectivity index (χ0v) is 30.8. The van der Waals surface area contributed by atoms with E-state index in [1.165, 1.54) is 31.7 Å². The Morgan fingerprint density at radius 2 is 1.31 bits per heavy atom. The van der Waals surface area contributed by atoms with Crippen molar-refractivity contribution < 1.29 is 9.66 Å². The van der Waals surface area contributed by atoms with E-state index in [0.717, 1.165) is 19.6 Å². The summed E-state index contributed by atoms with van der Waals surface area (Å²) in [5.74, 6) is 0. The Kier molecular flexibility index (Phi) is 46.9. The van der Waals surface area contributed by atoms with Crippen molar-refractivity contribution in [2.45, 2.75) is 95.7 Å². The van der Waals surface area contributed by atoms with Crippen LogP contribution in [0.15, 0.2) is 40.0 Å². The van der Waals surface area contributed by atoms with Crippen LogP contribution >= 0.6 is 59.9 Å². The Hall–Kier alpha value is 2.45. The van der Waals surface area contributed by atoms with Crippen molar-refractivity contribution >= 4 is 82.5 Å². The van der Waals surface area contributed by atoms with Crippen molar-refractivity contribution in [3.63, 3.8) is 0 Å². The van der Waals surface area contributed by atoms with Gasteiger partial charge >= 0.3 is 181 Å². The molecule has 1 aromatic carbocycles. The Bertz CT molecular complexity index is 504. The number of nitrogens with zero attached hydrogens (tertiary/aromatic N) is 1. The van der Waals surface area contributed by atoms with Crippen LogP contribution in [0, 0.1) is 0 Å². The molecule has 0 amide bonds. The molecule has 2 aliphatic heterocycles. The first-order valence-electron chi connectivity index (χ1n) is 10.6. The molecule has 0 saturated carbocycles. The average Bonchev–Trinajstić information content (AvgIpc) is 3.30. The van der Waals surface area contributed by atoms with E-state index < -0.39 is 0 Å². The Balaban J connectivity index is -0.0000000980. The maximum atomic E-state index is 6.15. The monoisotopic (exact) mass is 935 g/mol. The molecular weight excluding hydrogens is 881 g/mol. The molecule has 32 heavy (non-hydrogen) atoms. The molecule has 3 rings (SSSR count). The molecule has 0 aliphatic carbocycles. The van der Waals surface area contributed by atoms with Crippen LogP contribution in [0.3, 0.4) is 0 Å².